The largest absolute Gasteiger partial charge is 0.370 e. The number of nitrogens with zero attached hydrogens (tertiary/aromatic N) is 2. The van der Waals surface area contributed by atoms with Gasteiger partial charge in [-0.05, 0) is 13.0 Å². The molecule has 0 saturated carbocycles. The molecule has 1 aromatic rings. The van der Waals surface area contributed by atoms with Crippen LogP contribution < -0.4 is 11.1 Å². The van der Waals surface area contributed by atoms with Crippen molar-refractivity contribution in [1.82, 2.24) is 4.98 Å². The monoisotopic (exact) mass is 254 g/mol. The lowest BCUT2D eigenvalue weighted by atomic mass is 10.3. The number of nitrogens with one attached hydrogen (secondary N) is 1. The standard InChI is InChI=1S/C10H14N4O4/c1-7-2-3-8(14(16)17)10(13-7)12-4-5-18-6-9(11)15/h2-3H,4-6H2,1H3,(H2,11,15)(H,12,13). The van der Waals surface area contributed by atoms with Gasteiger partial charge < -0.3 is 15.8 Å². The molecule has 8 heteroatoms. The van der Waals surface area contributed by atoms with E-state index in [9.17, 15) is 14.9 Å². The highest BCUT2D eigenvalue weighted by Gasteiger charge is 2.14. The molecule has 1 aromatic heterocycles. The van der Waals surface area contributed by atoms with Gasteiger partial charge in [0.05, 0.1) is 11.5 Å². The fraction of sp³-hybridized carbons (Fsp3) is 0.400. The van der Waals surface area contributed by atoms with Crippen LogP contribution in [0.15, 0.2) is 12.1 Å². The first kappa shape index (κ1) is 13.8. The first-order valence-electron chi connectivity index (χ1n) is 5.22. The van der Waals surface area contributed by atoms with Gasteiger partial charge in [0.15, 0.2) is 0 Å². The van der Waals surface area contributed by atoms with Crippen LogP contribution >= 0.6 is 0 Å². The second kappa shape index (κ2) is 6.50. The molecule has 0 bridgehead atoms. The zero-order chi connectivity index (χ0) is 13.5. The number of hydrogen-bond acceptors (Lipinski definition) is 6. The second-order valence-corrected chi connectivity index (χ2v) is 3.52. The van der Waals surface area contributed by atoms with E-state index < -0.39 is 10.8 Å². The smallest absolute Gasteiger partial charge is 0.311 e. The van der Waals surface area contributed by atoms with Gasteiger partial charge in [-0.1, -0.05) is 0 Å². The van der Waals surface area contributed by atoms with Crippen LogP contribution in [0, 0.1) is 17.0 Å². The number of carbonyl (C=O) groups excluding carboxylic acids is 1. The number of hydrogen-bond donors (Lipinski definition) is 2. The van der Waals surface area contributed by atoms with E-state index in [0.717, 1.165) is 0 Å². The van der Waals surface area contributed by atoms with Crippen molar-refractivity contribution in [2.24, 2.45) is 5.73 Å². The van der Waals surface area contributed by atoms with Crippen LogP contribution in [0.1, 0.15) is 5.69 Å². The fourth-order valence-electron chi connectivity index (χ4n) is 1.24. The summed E-state index contributed by atoms with van der Waals surface area (Å²) in [6, 6.07) is 2.95. The Bertz CT molecular complexity index is 450. The Balaban J connectivity index is 2.53. The summed E-state index contributed by atoms with van der Waals surface area (Å²) in [6.07, 6.45) is 0. The molecule has 0 atom stereocenters. The molecule has 0 aromatic carbocycles. The number of pyridine rings is 1. The number of nitro groups is 1. The number of rotatable bonds is 7. The van der Waals surface area contributed by atoms with E-state index in [1.165, 1.54) is 6.07 Å². The quantitative estimate of drug-likeness (QED) is 0.407. The third-order valence-corrected chi connectivity index (χ3v) is 1.99. The number of aromatic nitrogens is 1. The summed E-state index contributed by atoms with van der Waals surface area (Å²) in [7, 11) is 0. The van der Waals surface area contributed by atoms with Crippen molar-refractivity contribution < 1.29 is 14.5 Å². The van der Waals surface area contributed by atoms with Crippen molar-refractivity contribution >= 4 is 17.4 Å². The Morgan fingerprint density at radius 1 is 1.61 bits per heavy atom. The minimum atomic E-state index is -0.560. The third-order valence-electron chi connectivity index (χ3n) is 1.99. The molecular weight excluding hydrogens is 240 g/mol. The molecule has 1 amide bonds. The van der Waals surface area contributed by atoms with E-state index in [2.05, 4.69) is 10.3 Å². The number of primary amides is 1. The van der Waals surface area contributed by atoms with Gasteiger partial charge in [0, 0.05) is 18.3 Å². The van der Waals surface area contributed by atoms with Crippen LogP contribution in [0.3, 0.4) is 0 Å². The maximum Gasteiger partial charge on any atom is 0.311 e. The van der Waals surface area contributed by atoms with Crippen molar-refractivity contribution in [2.45, 2.75) is 6.92 Å². The molecule has 1 rings (SSSR count). The number of carbonyl (C=O) groups is 1. The topological polar surface area (TPSA) is 120 Å². The van der Waals surface area contributed by atoms with Crippen molar-refractivity contribution in [2.75, 3.05) is 25.1 Å². The van der Waals surface area contributed by atoms with E-state index in [1.54, 1.807) is 13.0 Å². The molecule has 18 heavy (non-hydrogen) atoms. The van der Waals surface area contributed by atoms with Gasteiger partial charge in [-0.15, -0.1) is 0 Å². The lowest BCUT2D eigenvalue weighted by Gasteiger charge is -2.06. The molecule has 0 unspecified atom stereocenters. The van der Waals surface area contributed by atoms with Gasteiger partial charge >= 0.3 is 5.69 Å². The molecule has 0 aliphatic rings. The van der Waals surface area contributed by atoms with E-state index in [4.69, 9.17) is 10.5 Å². The Hall–Kier alpha value is -2.22. The van der Waals surface area contributed by atoms with E-state index in [0.29, 0.717) is 12.2 Å². The lowest BCUT2D eigenvalue weighted by molar-refractivity contribution is -0.384. The maximum absolute atomic E-state index is 10.7. The predicted octanol–water partition coefficient (Wildman–Crippen LogP) is 0.212. The summed E-state index contributed by atoms with van der Waals surface area (Å²) in [5, 5.41) is 13.5. The minimum absolute atomic E-state index is 0.101. The molecule has 0 aliphatic heterocycles. The van der Waals surface area contributed by atoms with Gasteiger partial charge in [-0.3, -0.25) is 14.9 Å². The summed E-state index contributed by atoms with van der Waals surface area (Å²) in [6.45, 7) is 2.06. The summed E-state index contributed by atoms with van der Waals surface area (Å²) in [5.74, 6) is -0.377. The molecular formula is C10H14N4O4. The van der Waals surface area contributed by atoms with Gasteiger partial charge in [-0.2, -0.15) is 0 Å². The summed E-state index contributed by atoms with van der Waals surface area (Å²) >= 11 is 0. The zero-order valence-electron chi connectivity index (χ0n) is 9.88. The number of aryl methyl sites for hydroxylation is 1. The highest BCUT2D eigenvalue weighted by atomic mass is 16.6. The van der Waals surface area contributed by atoms with Gasteiger partial charge in [0.1, 0.15) is 6.61 Å². The number of nitrogens with two attached hydrogens (primary N) is 1. The van der Waals surface area contributed by atoms with E-state index in [1.807, 2.05) is 0 Å². The zero-order valence-corrected chi connectivity index (χ0v) is 9.88. The molecule has 98 valence electrons. The van der Waals surface area contributed by atoms with Gasteiger partial charge in [-0.25, -0.2) is 4.98 Å². The van der Waals surface area contributed by atoms with Crippen molar-refractivity contribution in [1.29, 1.82) is 0 Å². The van der Waals surface area contributed by atoms with Crippen LogP contribution in [0.5, 0.6) is 0 Å². The first-order valence-corrected chi connectivity index (χ1v) is 5.22. The summed E-state index contributed by atoms with van der Waals surface area (Å²) < 4.78 is 4.91. The molecule has 0 radical (unpaired) electrons. The van der Waals surface area contributed by atoms with Crippen molar-refractivity contribution in [3.63, 3.8) is 0 Å². The van der Waals surface area contributed by atoms with Crippen molar-refractivity contribution in [3.05, 3.63) is 27.9 Å². The highest BCUT2D eigenvalue weighted by molar-refractivity contribution is 5.74. The number of ether oxygens (including phenoxy) is 1. The van der Waals surface area contributed by atoms with Crippen LogP contribution in [-0.4, -0.2) is 35.6 Å². The first-order chi connectivity index (χ1) is 8.50. The van der Waals surface area contributed by atoms with E-state index >= 15 is 0 Å². The fourth-order valence-corrected chi connectivity index (χ4v) is 1.24. The Kier molecular flexibility index (Phi) is 5.00. The van der Waals surface area contributed by atoms with Gasteiger partial charge in [0.2, 0.25) is 11.7 Å². The molecule has 3 N–H and O–H groups in total. The average molecular weight is 254 g/mol. The van der Waals surface area contributed by atoms with E-state index in [-0.39, 0.29) is 24.7 Å². The minimum Gasteiger partial charge on any atom is -0.370 e. The van der Waals surface area contributed by atoms with Crippen LogP contribution in [0.4, 0.5) is 11.5 Å². The Morgan fingerprint density at radius 3 is 2.94 bits per heavy atom. The molecule has 0 saturated heterocycles. The SMILES string of the molecule is Cc1ccc([N+](=O)[O-])c(NCCOCC(N)=O)n1. The highest BCUT2D eigenvalue weighted by Crippen LogP contribution is 2.21. The Morgan fingerprint density at radius 2 is 2.33 bits per heavy atom. The number of amides is 1. The second-order valence-electron chi connectivity index (χ2n) is 3.52. The third kappa shape index (κ3) is 4.34. The maximum atomic E-state index is 10.7. The van der Waals surface area contributed by atoms with Crippen LogP contribution in [-0.2, 0) is 9.53 Å². The summed E-state index contributed by atoms with van der Waals surface area (Å²) in [5.41, 5.74) is 5.45. The average Bonchev–Trinajstić information content (AvgIpc) is 2.27. The molecule has 0 fully saturated rings. The number of anilines is 1. The predicted molar refractivity (Wildman–Crippen MR) is 64.1 cm³/mol. The van der Waals surface area contributed by atoms with Crippen LogP contribution in [0.25, 0.3) is 0 Å². The Labute approximate surface area is 103 Å². The summed E-state index contributed by atoms with van der Waals surface area (Å²) in [4.78, 5) is 24.7. The van der Waals surface area contributed by atoms with Crippen molar-refractivity contribution in [3.8, 4) is 0 Å². The molecule has 8 nitrogen and oxygen atoms in total. The normalized spacial score (nSPS) is 10.1. The molecule has 0 spiro atoms. The molecule has 1 heterocycles. The van der Waals surface area contributed by atoms with Crippen LogP contribution in [0.2, 0.25) is 0 Å². The van der Waals surface area contributed by atoms with Gasteiger partial charge in [0.25, 0.3) is 0 Å². The molecule has 0 aliphatic carbocycles. The lowest BCUT2D eigenvalue weighted by Crippen LogP contribution is -2.21.